The topological polar surface area (TPSA) is 32.3 Å². The zero-order valence-electron chi connectivity index (χ0n) is 11.5. The average molecular weight is 278 g/mol. The molecule has 2 aliphatic rings. The van der Waals surface area contributed by atoms with Crippen molar-refractivity contribution < 1.29 is 4.79 Å². The Morgan fingerprint density at radius 1 is 1.53 bits per heavy atom. The van der Waals surface area contributed by atoms with Crippen LogP contribution in [0.3, 0.4) is 0 Å². The molecular weight excluding hydrogens is 256 g/mol. The number of fused-ring (bicyclic) bond motifs is 1. The summed E-state index contributed by atoms with van der Waals surface area (Å²) in [6.07, 6.45) is 4.52. The lowest BCUT2D eigenvalue weighted by molar-refractivity contribution is -0.132. The summed E-state index contributed by atoms with van der Waals surface area (Å²) in [6.45, 7) is 2.91. The first-order chi connectivity index (χ1) is 9.29. The number of hydrogen-bond donors (Lipinski definition) is 1. The summed E-state index contributed by atoms with van der Waals surface area (Å²) in [5, 5.41) is 5.37. The Labute approximate surface area is 119 Å². The van der Waals surface area contributed by atoms with Crippen molar-refractivity contribution in [2.45, 2.75) is 31.6 Å². The molecule has 2 unspecified atom stereocenters. The van der Waals surface area contributed by atoms with E-state index in [0.717, 1.165) is 38.9 Å². The van der Waals surface area contributed by atoms with Crippen LogP contribution in [-0.2, 0) is 11.2 Å². The van der Waals surface area contributed by atoms with E-state index in [4.69, 9.17) is 0 Å². The van der Waals surface area contributed by atoms with E-state index in [1.165, 1.54) is 16.9 Å². The molecule has 1 aromatic rings. The number of carbonyl (C=O) groups is 1. The van der Waals surface area contributed by atoms with Gasteiger partial charge in [0.2, 0.25) is 5.91 Å². The number of nitrogens with one attached hydrogen (secondary N) is 1. The molecule has 4 heteroatoms. The smallest absolute Gasteiger partial charge is 0.230 e. The van der Waals surface area contributed by atoms with Gasteiger partial charge < -0.3 is 10.2 Å². The van der Waals surface area contributed by atoms with Crippen LogP contribution in [0, 0.1) is 5.92 Å². The fourth-order valence-corrected chi connectivity index (χ4v) is 4.44. The van der Waals surface area contributed by atoms with Crippen LogP contribution in [0.5, 0.6) is 0 Å². The van der Waals surface area contributed by atoms with Crippen LogP contribution in [0.15, 0.2) is 11.4 Å². The molecule has 3 nitrogen and oxygen atoms in total. The summed E-state index contributed by atoms with van der Waals surface area (Å²) in [7, 11) is 1.99. The zero-order valence-corrected chi connectivity index (χ0v) is 12.3. The van der Waals surface area contributed by atoms with Gasteiger partial charge in [-0.2, -0.15) is 0 Å². The van der Waals surface area contributed by atoms with Crippen molar-refractivity contribution >= 4 is 17.2 Å². The van der Waals surface area contributed by atoms with E-state index in [1.807, 2.05) is 18.4 Å². The van der Waals surface area contributed by atoms with Crippen LogP contribution in [-0.4, -0.2) is 37.5 Å². The second-order valence-corrected chi connectivity index (χ2v) is 6.74. The first kappa shape index (κ1) is 13.1. The van der Waals surface area contributed by atoms with Crippen molar-refractivity contribution in [3.05, 3.63) is 21.9 Å². The van der Waals surface area contributed by atoms with Gasteiger partial charge in [0.15, 0.2) is 0 Å². The molecule has 1 aromatic heterocycles. The van der Waals surface area contributed by atoms with Gasteiger partial charge in [-0.15, -0.1) is 11.3 Å². The van der Waals surface area contributed by atoms with Gasteiger partial charge in [-0.25, -0.2) is 0 Å². The molecule has 104 valence electrons. The minimum absolute atomic E-state index is 0.142. The lowest BCUT2D eigenvalue weighted by Crippen LogP contribution is -2.35. The minimum Gasteiger partial charge on any atom is -0.342 e. The zero-order chi connectivity index (χ0) is 13.2. The lowest BCUT2D eigenvalue weighted by atomic mass is 9.87. The monoisotopic (exact) mass is 278 g/mol. The molecule has 0 saturated carbocycles. The molecule has 1 aliphatic heterocycles. The van der Waals surface area contributed by atoms with Crippen LogP contribution >= 0.6 is 11.3 Å². The highest BCUT2D eigenvalue weighted by atomic mass is 32.1. The molecule has 1 amide bonds. The lowest BCUT2D eigenvalue weighted by Gasteiger charge is -2.26. The minimum atomic E-state index is 0.142. The van der Waals surface area contributed by atoms with Gasteiger partial charge in [0.25, 0.3) is 0 Å². The number of carbonyl (C=O) groups excluding carboxylic acids is 1. The van der Waals surface area contributed by atoms with Crippen molar-refractivity contribution in [3.63, 3.8) is 0 Å². The fraction of sp³-hybridized carbons (Fsp3) is 0.667. The normalized spacial score (nSPS) is 26.5. The van der Waals surface area contributed by atoms with Crippen molar-refractivity contribution in [3.8, 4) is 0 Å². The van der Waals surface area contributed by atoms with Crippen molar-refractivity contribution in [1.82, 2.24) is 10.2 Å². The van der Waals surface area contributed by atoms with E-state index < -0.39 is 0 Å². The molecule has 1 N–H and O–H groups in total. The number of rotatable bonds is 3. The highest BCUT2D eigenvalue weighted by molar-refractivity contribution is 7.10. The Hall–Kier alpha value is -0.870. The van der Waals surface area contributed by atoms with Crippen molar-refractivity contribution in [1.29, 1.82) is 0 Å². The third-order valence-corrected chi connectivity index (χ3v) is 5.44. The van der Waals surface area contributed by atoms with Gasteiger partial charge >= 0.3 is 0 Å². The first-order valence-corrected chi connectivity index (χ1v) is 8.17. The molecule has 0 radical (unpaired) electrons. The highest BCUT2D eigenvalue weighted by Gasteiger charge is 2.33. The van der Waals surface area contributed by atoms with Gasteiger partial charge in [-0.05, 0) is 62.2 Å². The molecule has 2 atom stereocenters. The average Bonchev–Trinajstić information content (AvgIpc) is 3.06. The van der Waals surface area contributed by atoms with Crippen LogP contribution in [0.1, 0.15) is 35.6 Å². The Morgan fingerprint density at radius 3 is 3.26 bits per heavy atom. The number of hydrogen-bond acceptors (Lipinski definition) is 3. The third-order valence-electron chi connectivity index (χ3n) is 4.44. The molecule has 0 bridgehead atoms. The summed E-state index contributed by atoms with van der Waals surface area (Å²) in [6, 6.07) is 2.17. The second kappa shape index (κ2) is 5.63. The van der Waals surface area contributed by atoms with Gasteiger partial charge in [0.1, 0.15) is 0 Å². The predicted molar refractivity (Wildman–Crippen MR) is 78.6 cm³/mol. The quantitative estimate of drug-likeness (QED) is 0.919. The molecule has 1 saturated heterocycles. The Balaban J connectivity index is 1.69. The van der Waals surface area contributed by atoms with E-state index >= 15 is 0 Å². The highest BCUT2D eigenvalue weighted by Crippen LogP contribution is 2.36. The molecule has 2 heterocycles. The number of aryl methyl sites for hydroxylation is 1. The summed E-state index contributed by atoms with van der Waals surface area (Å²) in [5.41, 5.74) is 1.32. The molecule has 1 aliphatic carbocycles. The van der Waals surface area contributed by atoms with Crippen LogP contribution in [0.2, 0.25) is 0 Å². The van der Waals surface area contributed by atoms with E-state index in [-0.39, 0.29) is 5.92 Å². The number of amides is 1. The Morgan fingerprint density at radius 2 is 2.42 bits per heavy atom. The van der Waals surface area contributed by atoms with Gasteiger partial charge in [-0.3, -0.25) is 4.79 Å². The predicted octanol–water partition coefficient (Wildman–Crippen LogP) is 2.24. The maximum Gasteiger partial charge on any atom is 0.230 e. The second-order valence-electron chi connectivity index (χ2n) is 5.74. The van der Waals surface area contributed by atoms with Crippen molar-refractivity contribution in [2.75, 3.05) is 26.7 Å². The Bertz CT molecular complexity index is 457. The first-order valence-electron chi connectivity index (χ1n) is 7.29. The largest absolute Gasteiger partial charge is 0.342 e. The van der Waals surface area contributed by atoms with Gasteiger partial charge in [-0.1, -0.05) is 0 Å². The van der Waals surface area contributed by atoms with E-state index in [0.29, 0.717) is 11.8 Å². The summed E-state index contributed by atoms with van der Waals surface area (Å²) >= 11 is 1.82. The number of nitrogens with zero attached hydrogens (tertiary/aromatic N) is 1. The molecular formula is C15H22N2OS. The SMILES string of the molecule is CNCC1CCN(C(=O)C2CCCc3sccc32)C1. The van der Waals surface area contributed by atoms with Gasteiger partial charge in [0, 0.05) is 18.0 Å². The molecule has 19 heavy (non-hydrogen) atoms. The maximum absolute atomic E-state index is 12.7. The standard InChI is InChI=1S/C15H22N2OS/c1-16-9-11-5-7-17(10-11)15(18)13-3-2-4-14-12(13)6-8-19-14/h6,8,11,13,16H,2-5,7,9-10H2,1H3. The number of likely N-dealkylation sites (tertiary alicyclic amines) is 1. The molecule has 3 rings (SSSR count). The van der Waals surface area contributed by atoms with E-state index in [2.05, 4.69) is 21.7 Å². The third kappa shape index (κ3) is 2.56. The van der Waals surface area contributed by atoms with Crippen LogP contribution in [0.25, 0.3) is 0 Å². The summed E-state index contributed by atoms with van der Waals surface area (Å²) < 4.78 is 0. The van der Waals surface area contributed by atoms with Crippen molar-refractivity contribution in [2.24, 2.45) is 5.92 Å². The Kier molecular flexibility index (Phi) is 3.89. The molecule has 1 fully saturated rings. The molecule has 0 spiro atoms. The summed E-state index contributed by atoms with van der Waals surface area (Å²) in [5.74, 6) is 1.15. The maximum atomic E-state index is 12.7. The van der Waals surface area contributed by atoms with Crippen LogP contribution < -0.4 is 5.32 Å². The number of thiophene rings is 1. The van der Waals surface area contributed by atoms with Crippen LogP contribution in [0.4, 0.5) is 0 Å². The fourth-order valence-electron chi connectivity index (χ4n) is 3.45. The van der Waals surface area contributed by atoms with E-state index in [9.17, 15) is 4.79 Å². The molecule has 0 aromatic carbocycles. The van der Waals surface area contributed by atoms with E-state index in [1.54, 1.807) is 0 Å². The van der Waals surface area contributed by atoms with Gasteiger partial charge in [0.05, 0.1) is 5.92 Å². The summed E-state index contributed by atoms with van der Waals surface area (Å²) in [4.78, 5) is 16.3.